The Labute approximate surface area is 149 Å². The van der Waals surface area contributed by atoms with E-state index in [1.54, 1.807) is 0 Å². The molecule has 0 bridgehead atoms. The molecule has 0 spiro atoms. The van der Waals surface area contributed by atoms with Crippen LogP contribution in [0.25, 0.3) is 0 Å². The lowest BCUT2D eigenvalue weighted by Gasteiger charge is -2.09. The molecule has 0 heterocycles. The molecule has 0 aliphatic carbocycles. The van der Waals surface area contributed by atoms with Crippen molar-refractivity contribution in [2.24, 2.45) is 0 Å². The molecule has 6 nitrogen and oxygen atoms in total. The maximum atomic E-state index is 11.8. The third-order valence-electron chi connectivity index (χ3n) is 3.82. The van der Waals surface area contributed by atoms with Crippen molar-refractivity contribution in [1.29, 1.82) is 0 Å². The van der Waals surface area contributed by atoms with Gasteiger partial charge in [-0.3, -0.25) is 5.32 Å². The zero-order valence-corrected chi connectivity index (χ0v) is 15.2. The van der Waals surface area contributed by atoms with Crippen molar-refractivity contribution in [3.63, 3.8) is 0 Å². The largest absolute Gasteiger partial charge is 0.508 e. The van der Waals surface area contributed by atoms with Gasteiger partial charge in [0.15, 0.2) is 0 Å². The van der Waals surface area contributed by atoms with E-state index in [1.807, 2.05) is 0 Å². The van der Waals surface area contributed by atoms with Gasteiger partial charge in [-0.2, -0.15) is 0 Å². The van der Waals surface area contributed by atoms with E-state index >= 15 is 0 Å². The molecule has 6 heteroatoms. The van der Waals surface area contributed by atoms with E-state index in [1.165, 1.54) is 57.4 Å². The lowest BCUT2D eigenvalue weighted by molar-refractivity contribution is 0.0600. The average Bonchev–Trinajstić information content (AvgIpc) is 2.59. The van der Waals surface area contributed by atoms with Gasteiger partial charge in [0.05, 0.1) is 19.3 Å². The van der Waals surface area contributed by atoms with Crippen molar-refractivity contribution in [3.8, 4) is 5.75 Å². The highest BCUT2D eigenvalue weighted by atomic mass is 16.5. The Morgan fingerprint density at radius 2 is 1.64 bits per heavy atom. The number of anilines is 1. The first-order valence-electron chi connectivity index (χ1n) is 8.93. The molecule has 0 saturated carbocycles. The molecule has 0 radical (unpaired) electrons. The normalized spacial score (nSPS) is 10.3. The Morgan fingerprint density at radius 1 is 1.00 bits per heavy atom. The standard InChI is InChI=1S/C19H29NO5/c1-3-4-5-6-7-8-9-10-11-25-19(23)20-16-12-15(18(22)24-2)13-17(21)14-16/h12-14,21H,3-11H2,1-2H3,(H,20,23). The lowest BCUT2D eigenvalue weighted by Crippen LogP contribution is -2.15. The van der Waals surface area contributed by atoms with Crippen molar-refractivity contribution >= 4 is 17.7 Å². The number of esters is 1. The number of phenolic OH excluding ortho intramolecular Hbond substituents is 1. The van der Waals surface area contributed by atoms with E-state index in [2.05, 4.69) is 17.0 Å². The van der Waals surface area contributed by atoms with Crippen molar-refractivity contribution < 1.29 is 24.2 Å². The number of ether oxygens (including phenoxy) is 2. The third kappa shape index (κ3) is 8.98. The maximum Gasteiger partial charge on any atom is 0.411 e. The number of unbranched alkanes of at least 4 members (excludes halogenated alkanes) is 7. The van der Waals surface area contributed by atoms with Gasteiger partial charge in [-0.15, -0.1) is 0 Å². The highest BCUT2D eigenvalue weighted by molar-refractivity contribution is 5.93. The molecule has 0 aliphatic rings. The molecule has 0 saturated heterocycles. The summed E-state index contributed by atoms with van der Waals surface area (Å²) in [6.07, 6.45) is 8.77. The third-order valence-corrected chi connectivity index (χ3v) is 3.82. The molecule has 1 aromatic rings. The number of hydrogen-bond donors (Lipinski definition) is 2. The summed E-state index contributed by atoms with van der Waals surface area (Å²) in [6, 6.07) is 4.02. The summed E-state index contributed by atoms with van der Waals surface area (Å²) in [4.78, 5) is 23.2. The predicted octanol–water partition coefficient (Wildman–Crippen LogP) is 4.87. The zero-order chi connectivity index (χ0) is 18.5. The summed E-state index contributed by atoms with van der Waals surface area (Å²) in [5.74, 6) is -0.729. The first kappa shape index (κ1) is 20.8. The second-order valence-corrected chi connectivity index (χ2v) is 6.00. The molecule has 1 rings (SSSR count). The molecule has 1 aromatic carbocycles. The van der Waals surface area contributed by atoms with Crippen molar-refractivity contribution in [2.45, 2.75) is 58.3 Å². The van der Waals surface area contributed by atoms with Gasteiger partial charge < -0.3 is 14.6 Å². The lowest BCUT2D eigenvalue weighted by atomic mass is 10.1. The molecule has 0 unspecified atom stereocenters. The van der Waals surface area contributed by atoms with E-state index in [4.69, 9.17) is 4.74 Å². The summed E-state index contributed by atoms with van der Waals surface area (Å²) < 4.78 is 9.70. The topological polar surface area (TPSA) is 84.9 Å². The van der Waals surface area contributed by atoms with Crippen LogP contribution in [-0.4, -0.2) is 30.9 Å². The van der Waals surface area contributed by atoms with E-state index in [9.17, 15) is 14.7 Å². The van der Waals surface area contributed by atoms with Crippen LogP contribution in [-0.2, 0) is 9.47 Å². The number of rotatable bonds is 11. The van der Waals surface area contributed by atoms with Crippen LogP contribution in [0.3, 0.4) is 0 Å². The fourth-order valence-corrected chi connectivity index (χ4v) is 2.47. The zero-order valence-electron chi connectivity index (χ0n) is 15.2. The Hall–Kier alpha value is -2.24. The van der Waals surface area contributed by atoms with Crippen molar-refractivity contribution in [2.75, 3.05) is 19.0 Å². The second-order valence-electron chi connectivity index (χ2n) is 6.00. The number of amides is 1. The Morgan fingerprint density at radius 3 is 2.28 bits per heavy atom. The predicted molar refractivity (Wildman–Crippen MR) is 97.0 cm³/mol. The fraction of sp³-hybridized carbons (Fsp3) is 0.579. The first-order chi connectivity index (χ1) is 12.1. The maximum absolute atomic E-state index is 11.8. The van der Waals surface area contributed by atoms with Crippen LogP contribution in [0.1, 0.15) is 68.6 Å². The van der Waals surface area contributed by atoms with E-state index in [-0.39, 0.29) is 17.0 Å². The minimum Gasteiger partial charge on any atom is -0.508 e. The average molecular weight is 351 g/mol. The van der Waals surface area contributed by atoms with Gasteiger partial charge in [0.25, 0.3) is 0 Å². The monoisotopic (exact) mass is 351 g/mol. The van der Waals surface area contributed by atoms with Crippen molar-refractivity contribution in [3.05, 3.63) is 23.8 Å². The van der Waals surface area contributed by atoms with Crippen LogP contribution in [0.15, 0.2) is 18.2 Å². The van der Waals surface area contributed by atoms with Crippen LogP contribution < -0.4 is 5.32 Å². The molecule has 0 aromatic heterocycles. The quantitative estimate of drug-likeness (QED) is 0.439. The molecular weight excluding hydrogens is 322 g/mol. The summed E-state index contributed by atoms with van der Waals surface area (Å²) in [7, 11) is 1.25. The first-order valence-corrected chi connectivity index (χ1v) is 8.93. The SMILES string of the molecule is CCCCCCCCCCOC(=O)Nc1cc(O)cc(C(=O)OC)c1. The van der Waals surface area contributed by atoms with Gasteiger partial charge >= 0.3 is 12.1 Å². The van der Waals surface area contributed by atoms with Gasteiger partial charge in [0, 0.05) is 11.8 Å². The number of aromatic hydroxyl groups is 1. The molecule has 25 heavy (non-hydrogen) atoms. The minimum absolute atomic E-state index is 0.138. The number of phenols is 1. The molecule has 1 amide bonds. The van der Waals surface area contributed by atoms with Crippen molar-refractivity contribution in [1.82, 2.24) is 0 Å². The fourth-order valence-electron chi connectivity index (χ4n) is 2.47. The number of nitrogens with one attached hydrogen (secondary N) is 1. The number of hydrogen-bond acceptors (Lipinski definition) is 5. The highest BCUT2D eigenvalue weighted by Gasteiger charge is 2.11. The van der Waals surface area contributed by atoms with E-state index in [0.717, 1.165) is 19.3 Å². The minimum atomic E-state index is -0.607. The Balaban J connectivity index is 2.24. The Bertz CT molecular complexity index is 545. The molecule has 2 N–H and O–H groups in total. The number of methoxy groups -OCH3 is 1. The smallest absolute Gasteiger partial charge is 0.411 e. The number of carbonyl (C=O) groups is 2. The van der Waals surface area contributed by atoms with Crippen LogP contribution >= 0.6 is 0 Å². The van der Waals surface area contributed by atoms with Gasteiger partial charge in [-0.25, -0.2) is 9.59 Å². The molecule has 0 aliphatic heterocycles. The van der Waals surface area contributed by atoms with Crippen LogP contribution in [0.2, 0.25) is 0 Å². The number of benzene rings is 1. The van der Waals surface area contributed by atoms with E-state index in [0.29, 0.717) is 6.61 Å². The highest BCUT2D eigenvalue weighted by Crippen LogP contribution is 2.20. The van der Waals surface area contributed by atoms with E-state index < -0.39 is 12.1 Å². The van der Waals surface area contributed by atoms with Gasteiger partial charge in [0.1, 0.15) is 5.75 Å². The van der Waals surface area contributed by atoms with Gasteiger partial charge in [0.2, 0.25) is 0 Å². The summed E-state index contributed by atoms with van der Waals surface area (Å²) in [5, 5.41) is 12.1. The summed E-state index contributed by atoms with van der Waals surface area (Å²) >= 11 is 0. The second kappa shape index (κ2) is 12.2. The number of carbonyl (C=O) groups excluding carboxylic acids is 2. The molecular formula is C19H29NO5. The summed E-state index contributed by atoms with van der Waals surface area (Å²) in [5.41, 5.74) is 0.433. The Kier molecular flexibility index (Phi) is 10.1. The van der Waals surface area contributed by atoms with Gasteiger partial charge in [-0.05, 0) is 18.6 Å². The van der Waals surface area contributed by atoms with Crippen LogP contribution in [0.4, 0.5) is 10.5 Å². The van der Waals surface area contributed by atoms with Crippen LogP contribution in [0.5, 0.6) is 5.75 Å². The molecule has 0 atom stereocenters. The van der Waals surface area contributed by atoms with Crippen LogP contribution in [0, 0.1) is 0 Å². The van der Waals surface area contributed by atoms with Gasteiger partial charge in [-0.1, -0.05) is 51.9 Å². The molecule has 140 valence electrons. The molecule has 0 fully saturated rings. The summed E-state index contributed by atoms with van der Waals surface area (Å²) in [6.45, 7) is 2.55.